The molecule has 2 aliphatic rings. The Kier molecular flexibility index (Phi) is 4.86. The number of hydrogen-bond acceptors (Lipinski definition) is 6. The van der Waals surface area contributed by atoms with Crippen LogP contribution in [-0.2, 0) is 10.2 Å². The second kappa shape index (κ2) is 7.35. The van der Waals surface area contributed by atoms with Crippen molar-refractivity contribution in [1.29, 1.82) is 0 Å². The predicted molar refractivity (Wildman–Crippen MR) is 107 cm³/mol. The van der Waals surface area contributed by atoms with Crippen LogP contribution in [0.1, 0.15) is 54.9 Å². The van der Waals surface area contributed by atoms with Gasteiger partial charge >= 0.3 is 5.97 Å². The zero-order valence-corrected chi connectivity index (χ0v) is 16.3. The van der Waals surface area contributed by atoms with Gasteiger partial charge in [0.15, 0.2) is 0 Å². The van der Waals surface area contributed by atoms with Crippen molar-refractivity contribution in [3.8, 4) is 5.88 Å². The maximum atomic E-state index is 13.2. The summed E-state index contributed by atoms with van der Waals surface area (Å²) in [7, 11) is 0. The van der Waals surface area contributed by atoms with Crippen molar-refractivity contribution in [2.24, 2.45) is 0 Å². The fraction of sp³-hybridized carbons (Fsp3) is 0.429. The molecule has 1 fully saturated rings. The van der Waals surface area contributed by atoms with Gasteiger partial charge in [-0.25, -0.2) is 9.97 Å². The number of hydrogen-bond donors (Lipinski definition) is 2. The Hall–Kier alpha value is -3.16. The molecule has 1 saturated carbocycles. The van der Waals surface area contributed by atoms with Crippen LogP contribution in [0.15, 0.2) is 30.6 Å². The van der Waals surface area contributed by atoms with E-state index in [4.69, 9.17) is 10.5 Å². The lowest BCUT2D eigenvalue weighted by molar-refractivity contribution is -0.145. The van der Waals surface area contributed by atoms with Crippen LogP contribution in [0.5, 0.6) is 5.88 Å². The van der Waals surface area contributed by atoms with Crippen LogP contribution in [0.2, 0.25) is 0 Å². The lowest BCUT2D eigenvalue weighted by atomic mass is 9.69. The monoisotopic (exact) mass is 396 g/mol. The first-order chi connectivity index (χ1) is 13.9. The van der Waals surface area contributed by atoms with E-state index in [9.17, 15) is 14.7 Å². The van der Waals surface area contributed by atoms with E-state index in [-0.39, 0.29) is 29.3 Å². The van der Waals surface area contributed by atoms with Gasteiger partial charge < -0.3 is 20.5 Å². The summed E-state index contributed by atoms with van der Waals surface area (Å²) in [6, 6.07) is 7.24. The number of carbonyl (C=O) groups excluding carboxylic acids is 1. The number of carboxylic acid groups (broad SMARTS) is 1. The van der Waals surface area contributed by atoms with E-state index in [0.29, 0.717) is 25.1 Å². The van der Waals surface area contributed by atoms with E-state index < -0.39 is 11.4 Å². The van der Waals surface area contributed by atoms with Crippen LogP contribution in [0, 0.1) is 0 Å². The molecule has 1 aliphatic heterocycles. The van der Waals surface area contributed by atoms with Gasteiger partial charge in [-0.3, -0.25) is 9.59 Å². The zero-order valence-electron chi connectivity index (χ0n) is 16.3. The van der Waals surface area contributed by atoms with Gasteiger partial charge in [-0.1, -0.05) is 31.4 Å². The van der Waals surface area contributed by atoms with Gasteiger partial charge in [-0.15, -0.1) is 0 Å². The van der Waals surface area contributed by atoms with Gasteiger partial charge in [0, 0.05) is 5.69 Å². The van der Waals surface area contributed by atoms with Crippen molar-refractivity contribution < 1.29 is 19.4 Å². The van der Waals surface area contributed by atoms with Crippen molar-refractivity contribution in [3.63, 3.8) is 0 Å². The van der Waals surface area contributed by atoms with Gasteiger partial charge in [0.25, 0.3) is 5.91 Å². The Balaban J connectivity index is 1.69. The predicted octanol–water partition coefficient (Wildman–Crippen LogP) is 2.77. The SMILES string of the molecule is C[C@@H]1CN(c2ccc(C3(C(=O)O)CCCCC3)cc2)C(=O)c2c(N)ncnc2O1. The summed E-state index contributed by atoms with van der Waals surface area (Å²) in [6.45, 7) is 2.17. The van der Waals surface area contributed by atoms with Crippen LogP contribution in [-0.4, -0.2) is 39.6 Å². The lowest BCUT2D eigenvalue weighted by Gasteiger charge is -2.34. The van der Waals surface area contributed by atoms with E-state index in [1.165, 1.54) is 6.33 Å². The van der Waals surface area contributed by atoms with E-state index in [2.05, 4.69) is 9.97 Å². The number of amides is 1. The number of ether oxygens (including phenoxy) is 1. The molecule has 1 aliphatic carbocycles. The molecule has 8 heteroatoms. The molecule has 152 valence electrons. The van der Waals surface area contributed by atoms with Crippen LogP contribution in [0.25, 0.3) is 0 Å². The molecule has 0 saturated heterocycles. The van der Waals surface area contributed by atoms with Gasteiger partial charge in [0.2, 0.25) is 5.88 Å². The molecule has 2 heterocycles. The number of nitrogens with two attached hydrogens (primary N) is 1. The Morgan fingerprint density at radius 3 is 2.55 bits per heavy atom. The molecule has 3 N–H and O–H groups in total. The lowest BCUT2D eigenvalue weighted by Crippen LogP contribution is -2.38. The first kappa shape index (κ1) is 19.2. The first-order valence-electron chi connectivity index (χ1n) is 9.85. The highest BCUT2D eigenvalue weighted by atomic mass is 16.5. The average molecular weight is 396 g/mol. The second-order valence-electron chi connectivity index (χ2n) is 7.78. The molecule has 0 spiro atoms. The third-order valence-electron chi connectivity index (χ3n) is 5.90. The standard InChI is InChI=1S/C21H24N4O4/c1-13-11-25(19(26)16-17(22)23-12-24-18(16)29-13)15-7-5-14(6-8-15)21(20(27)28)9-3-2-4-10-21/h5-8,12-13H,2-4,9-11H2,1H3,(H,27,28)(H2,22,23,24)/t13-/m1/s1. The maximum absolute atomic E-state index is 13.2. The minimum Gasteiger partial charge on any atom is -0.481 e. The molecular weight excluding hydrogens is 372 g/mol. The summed E-state index contributed by atoms with van der Waals surface area (Å²) in [5, 5.41) is 9.91. The van der Waals surface area contributed by atoms with Crippen molar-refractivity contribution in [1.82, 2.24) is 9.97 Å². The van der Waals surface area contributed by atoms with Crippen LogP contribution < -0.4 is 15.4 Å². The number of carbonyl (C=O) groups is 2. The topological polar surface area (TPSA) is 119 Å². The second-order valence-corrected chi connectivity index (χ2v) is 7.78. The third kappa shape index (κ3) is 3.28. The highest BCUT2D eigenvalue weighted by Gasteiger charge is 2.41. The number of nitrogens with zero attached hydrogens (tertiary/aromatic N) is 3. The number of benzene rings is 1. The van der Waals surface area contributed by atoms with E-state index in [1.54, 1.807) is 17.0 Å². The minimum absolute atomic E-state index is 0.0720. The molecule has 0 unspecified atom stereocenters. The van der Waals surface area contributed by atoms with Crippen LogP contribution in [0.3, 0.4) is 0 Å². The quantitative estimate of drug-likeness (QED) is 0.819. The molecule has 2 aromatic rings. The fourth-order valence-electron chi connectivity index (χ4n) is 4.34. The average Bonchev–Trinajstić information content (AvgIpc) is 2.85. The Morgan fingerprint density at radius 1 is 1.21 bits per heavy atom. The molecule has 0 bridgehead atoms. The van der Waals surface area contributed by atoms with Crippen molar-refractivity contribution in [2.45, 2.75) is 50.5 Å². The number of aromatic nitrogens is 2. The number of fused-ring (bicyclic) bond motifs is 1. The normalized spacial score (nSPS) is 21.1. The fourth-order valence-corrected chi connectivity index (χ4v) is 4.34. The largest absolute Gasteiger partial charge is 0.481 e. The van der Waals surface area contributed by atoms with Crippen molar-refractivity contribution in [2.75, 3.05) is 17.2 Å². The Morgan fingerprint density at radius 2 is 1.90 bits per heavy atom. The number of anilines is 2. The molecule has 1 atom stereocenters. The molecule has 1 amide bonds. The van der Waals surface area contributed by atoms with Gasteiger partial charge in [0.05, 0.1) is 12.0 Å². The maximum Gasteiger partial charge on any atom is 0.314 e. The molecule has 29 heavy (non-hydrogen) atoms. The highest BCUT2D eigenvalue weighted by Crippen LogP contribution is 2.40. The van der Waals surface area contributed by atoms with Gasteiger partial charge in [-0.2, -0.15) is 0 Å². The summed E-state index contributed by atoms with van der Waals surface area (Å²) < 4.78 is 5.75. The Bertz CT molecular complexity index is 938. The summed E-state index contributed by atoms with van der Waals surface area (Å²) in [6.07, 6.45) is 5.13. The van der Waals surface area contributed by atoms with Gasteiger partial charge in [0.1, 0.15) is 23.8 Å². The summed E-state index contributed by atoms with van der Waals surface area (Å²) in [4.78, 5) is 34.8. The molecule has 0 radical (unpaired) electrons. The van der Waals surface area contributed by atoms with E-state index >= 15 is 0 Å². The number of rotatable bonds is 3. The summed E-state index contributed by atoms with van der Waals surface area (Å²) >= 11 is 0. The molecule has 1 aromatic heterocycles. The summed E-state index contributed by atoms with van der Waals surface area (Å²) in [5.74, 6) is -0.860. The van der Waals surface area contributed by atoms with Crippen LogP contribution >= 0.6 is 0 Å². The van der Waals surface area contributed by atoms with E-state index in [0.717, 1.165) is 24.8 Å². The van der Waals surface area contributed by atoms with Crippen LogP contribution in [0.4, 0.5) is 11.5 Å². The van der Waals surface area contributed by atoms with Crippen molar-refractivity contribution in [3.05, 3.63) is 41.7 Å². The Labute approximate surface area is 168 Å². The third-order valence-corrected chi connectivity index (χ3v) is 5.90. The van der Waals surface area contributed by atoms with Gasteiger partial charge in [-0.05, 0) is 37.5 Å². The number of carboxylic acids is 1. The number of aliphatic carboxylic acids is 1. The van der Waals surface area contributed by atoms with Crippen molar-refractivity contribution >= 4 is 23.4 Å². The number of nitrogen functional groups attached to an aromatic ring is 1. The van der Waals surface area contributed by atoms with E-state index in [1.807, 2.05) is 19.1 Å². The molecule has 4 rings (SSSR count). The minimum atomic E-state index is -0.846. The molecule has 8 nitrogen and oxygen atoms in total. The highest BCUT2D eigenvalue weighted by molar-refractivity contribution is 6.10. The molecular formula is C21H24N4O4. The molecule has 1 aromatic carbocycles. The first-order valence-corrected chi connectivity index (χ1v) is 9.85. The zero-order chi connectivity index (χ0) is 20.6. The smallest absolute Gasteiger partial charge is 0.314 e. The summed E-state index contributed by atoms with van der Waals surface area (Å²) in [5.41, 5.74) is 6.65.